The van der Waals surface area contributed by atoms with Crippen LogP contribution in [0.4, 0.5) is 0 Å². The van der Waals surface area contributed by atoms with E-state index in [9.17, 15) is 9.59 Å². The third kappa shape index (κ3) is 7.30. The molecule has 4 N–H and O–H groups in total. The van der Waals surface area contributed by atoms with Crippen molar-refractivity contribution in [1.29, 1.82) is 0 Å². The number of primary amides is 1. The lowest BCUT2D eigenvalue weighted by Gasteiger charge is -2.34. The normalized spacial score (nSPS) is 22.1. The summed E-state index contributed by atoms with van der Waals surface area (Å²) in [5.74, 6) is 1.42. The van der Waals surface area contributed by atoms with Gasteiger partial charge in [-0.15, -0.1) is 0 Å². The van der Waals surface area contributed by atoms with Gasteiger partial charge in [0.1, 0.15) is 0 Å². The topological polar surface area (TPSA) is 103 Å². The lowest BCUT2D eigenvalue weighted by Crippen LogP contribution is -2.46. The van der Waals surface area contributed by atoms with E-state index in [1.54, 1.807) is 7.05 Å². The van der Waals surface area contributed by atoms with E-state index >= 15 is 0 Å². The number of nitrogens with one attached hydrogen (secondary N) is 2. The second kappa shape index (κ2) is 11.9. The molecular formula is C20H38N6O2. The van der Waals surface area contributed by atoms with Crippen molar-refractivity contribution in [3.8, 4) is 0 Å². The Morgan fingerprint density at radius 1 is 1.18 bits per heavy atom. The average Bonchev–Trinajstić information content (AvgIpc) is 2.71. The first-order valence-electron chi connectivity index (χ1n) is 10.8. The minimum atomic E-state index is -0.169. The van der Waals surface area contributed by atoms with Crippen molar-refractivity contribution >= 4 is 17.8 Å². The number of guanidine groups is 1. The van der Waals surface area contributed by atoms with Gasteiger partial charge in [-0.25, -0.2) is 0 Å². The van der Waals surface area contributed by atoms with Crippen LogP contribution in [0.15, 0.2) is 4.99 Å². The summed E-state index contributed by atoms with van der Waals surface area (Å²) in [6.07, 6.45) is 5.63. The maximum absolute atomic E-state index is 11.6. The minimum Gasteiger partial charge on any atom is -0.369 e. The van der Waals surface area contributed by atoms with Crippen LogP contribution in [-0.4, -0.2) is 80.4 Å². The Kier molecular flexibility index (Phi) is 9.54. The van der Waals surface area contributed by atoms with Gasteiger partial charge >= 0.3 is 0 Å². The van der Waals surface area contributed by atoms with Crippen molar-refractivity contribution in [2.75, 3.05) is 52.9 Å². The molecule has 8 heteroatoms. The molecule has 2 fully saturated rings. The monoisotopic (exact) mass is 394 g/mol. The summed E-state index contributed by atoms with van der Waals surface area (Å²) < 4.78 is 0. The van der Waals surface area contributed by atoms with Crippen LogP contribution in [0.5, 0.6) is 0 Å². The summed E-state index contributed by atoms with van der Waals surface area (Å²) in [7, 11) is 1.70. The average molecular weight is 395 g/mol. The van der Waals surface area contributed by atoms with Crippen molar-refractivity contribution in [3.05, 3.63) is 0 Å². The molecule has 0 bridgehead atoms. The van der Waals surface area contributed by atoms with E-state index in [1.807, 2.05) is 0 Å². The van der Waals surface area contributed by atoms with E-state index in [0.717, 1.165) is 83.9 Å². The first-order chi connectivity index (χ1) is 13.5. The lowest BCUT2D eigenvalue weighted by atomic mass is 9.93. The molecule has 1 unspecified atom stereocenters. The second-order valence-electron chi connectivity index (χ2n) is 7.94. The Bertz CT molecular complexity index is 531. The smallest absolute Gasteiger partial charge is 0.221 e. The number of aliphatic imine (C=N–C) groups is 1. The SMILES string of the molecule is CCNC(=NCCCN1CCCC(C(N)=O)C1)N1CCC(CC(=O)NC)CC1. The molecule has 0 aliphatic carbocycles. The number of piperidine rings is 2. The summed E-state index contributed by atoms with van der Waals surface area (Å²) in [6.45, 7) is 8.40. The fourth-order valence-electron chi connectivity index (χ4n) is 4.11. The van der Waals surface area contributed by atoms with E-state index in [-0.39, 0.29) is 17.7 Å². The number of rotatable bonds is 8. The highest BCUT2D eigenvalue weighted by atomic mass is 16.1. The second-order valence-corrected chi connectivity index (χ2v) is 7.94. The Balaban J connectivity index is 1.75. The van der Waals surface area contributed by atoms with Crippen LogP contribution in [0, 0.1) is 11.8 Å². The van der Waals surface area contributed by atoms with Gasteiger partial charge in [0, 0.05) is 46.2 Å². The van der Waals surface area contributed by atoms with Crippen molar-refractivity contribution in [2.45, 2.75) is 45.4 Å². The Hall–Kier alpha value is -1.83. The molecule has 2 heterocycles. The molecule has 0 spiro atoms. The van der Waals surface area contributed by atoms with Crippen LogP contribution < -0.4 is 16.4 Å². The quantitative estimate of drug-likeness (QED) is 0.314. The maximum atomic E-state index is 11.6. The Morgan fingerprint density at radius 3 is 2.57 bits per heavy atom. The number of nitrogens with two attached hydrogens (primary N) is 1. The standard InChI is InChI=1S/C20H38N6O2/c1-3-23-20(26-12-7-16(8-13-26)14-18(27)22-2)24-9-5-11-25-10-4-6-17(15-25)19(21)28/h16-17H,3-15H2,1-2H3,(H2,21,28)(H,22,27)(H,23,24). The highest BCUT2D eigenvalue weighted by Crippen LogP contribution is 2.20. The van der Waals surface area contributed by atoms with Crippen LogP contribution >= 0.6 is 0 Å². The van der Waals surface area contributed by atoms with Crippen molar-refractivity contribution in [2.24, 2.45) is 22.6 Å². The lowest BCUT2D eigenvalue weighted by molar-refractivity contribution is -0.123. The predicted molar refractivity (Wildman–Crippen MR) is 112 cm³/mol. The zero-order chi connectivity index (χ0) is 20.4. The van der Waals surface area contributed by atoms with Gasteiger partial charge in [0.2, 0.25) is 11.8 Å². The summed E-state index contributed by atoms with van der Waals surface area (Å²) in [6, 6.07) is 0. The van der Waals surface area contributed by atoms with Crippen LogP contribution in [0.1, 0.15) is 45.4 Å². The summed E-state index contributed by atoms with van der Waals surface area (Å²) >= 11 is 0. The van der Waals surface area contributed by atoms with Crippen LogP contribution in [0.25, 0.3) is 0 Å². The molecule has 0 aromatic carbocycles. The van der Waals surface area contributed by atoms with Crippen molar-refractivity contribution < 1.29 is 9.59 Å². The van der Waals surface area contributed by atoms with Crippen molar-refractivity contribution in [1.82, 2.24) is 20.4 Å². The molecule has 1 atom stereocenters. The third-order valence-electron chi connectivity index (χ3n) is 5.80. The Labute approximate surface area is 169 Å². The number of hydrogen-bond donors (Lipinski definition) is 3. The van der Waals surface area contributed by atoms with E-state index < -0.39 is 0 Å². The molecule has 2 amide bonds. The van der Waals surface area contributed by atoms with Gasteiger partial charge in [0.15, 0.2) is 5.96 Å². The zero-order valence-corrected chi connectivity index (χ0v) is 17.6. The van der Waals surface area contributed by atoms with Gasteiger partial charge in [-0.3, -0.25) is 14.6 Å². The summed E-state index contributed by atoms with van der Waals surface area (Å²) in [4.78, 5) is 32.4. The fourth-order valence-corrected chi connectivity index (χ4v) is 4.11. The largest absolute Gasteiger partial charge is 0.369 e. The first-order valence-corrected chi connectivity index (χ1v) is 10.8. The molecule has 160 valence electrons. The number of amides is 2. The minimum absolute atomic E-state index is 0.00524. The third-order valence-corrected chi connectivity index (χ3v) is 5.80. The van der Waals surface area contributed by atoms with Crippen LogP contribution in [-0.2, 0) is 9.59 Å². The molecule has 8 nitrogen and oxygen atoms in total. The highest BCUT2D eigenvalue weighted by molar-refractivity contribution is 5.80. The van der Waals surface area contributed by atoms with E-state index in [1.165, 1.54) is 0 Å². The highest BCUT2D eigenvalue weighted by Gasteiger charge is 2.24. The summed E-state index contributed by atoms with van der Waals surface area (Å²) in [5, 5.41) is 6.12. The fraction of sp³-hybridized carbons (Fsp3) is 0.850. The van der Waals surface area contributed by atoms with Gasteiger partial charge in [0.25, 0.3) is 0 Å². The van der Waals surface area contributed by atoms with Crippen LogP contribution in [0.3, 0.4) is 0 Å². The van der Waals surface area contributed by atoms with E-state index in [0.29, 0.717) is 12.3 Å². The van der Waals surface area contributed by atoms with Gasteiger partial charge in [-0.2, -0.15) is 0 Å². The molecule has 0 aromatic rings. The molecule has 28 heavy (non-hydrogen) atoms. The molecule has 0 radical (unpaired) electrons. The number of hydrogen-bond acceptors (Lipinski definition) is 4. The first kappa shape index (κ1) is 22.5. The Morgan fingerprint density at radius 2 is 1.93 bits per heavy atom. The molecule has 2 saturated heterocycles. The molecule has 2 aliphatic rings. The molecule has 0 aromatic heterocycles. The van der Waals surface area contributed by atoms with Gasteiger partial charge in [0.05, 0.1) is 5.92 Å². The van der Waals surface area contributed by atoms with Gasteiger partial charge in [-0.05, 0) is 58.0 Å². The van der Waals surface area contributed by atoms with E-state index in [2.05, 4.69) is 27.4 Å². The zero-order valence-electron chi connectivity index (χ0n) is 17.6. The number of likely N-dealkylation sites (tertiary alicyclic amines) is 2. The predicted octanol–water partition coefficient (Wildman–Crippen LogP) is 0.387. The molecule has 2 aliphatic heterocycles. The maximum Gasteiger partial charge on any atom is 0.221 e. The number of nitrogens with zero attached hydrogens (tertiary/aromatic N) is 3. The summed E-state index contributed by atoms with van der Waals surface area (Å²) in [5.41, 5.74) is 5.46. The molecule has 2 rings (SSSR count). The number of carbonyl (C=O) groups is 2. The van der Waals surface area contributed by atoms with E-state index in [4.69, 9.17) is 10.7 Å². The van der Waals surface area contributed by atoms with Crippen molar-refractivity contribution in [3.63, 3.8) is 0 Å². The van der Waals surface area contributed by atoms with Gasteiger partial charge < -0.3 is 26.2 Å². The molecular weight excluding hydrogens is 356 g/mol. The van der Waals surface area contributed by atoms with Gasteiger partial charge in [-0.1, -0.05) is 0 Å². The number of carbonyl (C=O) groups excluding carboxylic acids is 2. The molecule has 0 saturated carbocycles. The van der Waals surface area contributed by atoms with Crippen LogP contribution in [0.2, 0.25) is 0 Å².